The number of benzene rings is 2. The second-order valence-electron chi connectivity index (χ2n) is 6.64. The summed E-state index contributed by atoms with van der Waals surface area (Å²) in [6.07, 6.45) is 1.46. The smallest absolute Gasteiger partial charge is 0.246 e. The summed E-state index contributed by atoms with van der Waals surface area (Å²) in [5, 5.41) is 0.503. The van der Waals surface area contributed by atoms with Crippen molar-refractivity contribution < 1.29 is 13.2 Å². The summed E-state index contributed by atoms with van der Waals surface area (Å²) >= 11 is 5.92. The molecule has 0 saturated carbocycles. The van der Waals surface area contributed by atoms with E-state index in [0.29, 0.717) is 23.7 Å². The number of likely N-dealkylation sites (N-methyl/N-ethyl adjacent to an activating group) is 1. The summed E-state index contributed by atoms with van der Waals surface area (Å²) in [5.74, 6) is -0.251. The summed E-state index contributed by atoms with van der Waals surface area (Å²) in [7, 11) is -1.97. The number of nitrogens with zero attached hydrogens (tertiary/aromatic N) is 2. The average molecular weight is 409 g/mol. The summed E-state index contributed by atoms with van der Waals surface area (Å²) in [6, 6.07) is 13.5. The number of carbonyl (C=O) groups is 1. The van der Waals surface area contributed by atoms with Crippen molar-refractivity contribution in [3.8, 4) is 0 Å². The van der Waals surface area contributed by atoms with Crippen molar-refractivity contribution in [2.75, 3.05) is 17.6 Å². The lowest BCUT2D eigenvalue weighted by Crippen LogP contribution is -2.49. The maximum absolute atomic E-state index is 13.1. The van der Waals surface area contributed by atoms with Crippen LogP contribution in [0.25, 0.3) is 0 Å². The van der Waals surface area contributed by atoms with Crippen LogP contribution in [0.5, 0.6) is 0 Å². The molecule has 5 nitrogen and oxygen atoms in total. The van der Waals surface area contributed by atoms with Gasteiger partial charge in [-0.15, -0.1) is 0 Å². The fourth-order valence-electron chi connectivity index (χ4n) is 2.93. The molecule has 0 radical (unpaired) electrons. The molecule has 0 aliphatic rings. The van der Waals surface area contributed by atoms with Gasteiger partial charge in [-0.05, 0) is 43.2 Å². The van der Waals surface area contributed by atoms with Crippen LogP contribution in [0.3, 0.4) is 0 Å². The summed E-state index contributed by atoms with van der Waals surface area (Å²) < 4.78 is 26.1. The third-order valence-corrected chi connectivity index (χ3v) is 5.74. The van der Waals surface area contributed by atoms with E-state index in [4.69, 9.17) is 11.6 Å². The molecule has 0 aliphatic carbocycles. The van der Waals surface area contributed by atoms with Crippen molar-refractivity contribution in [2.24, 2.45) is 0 Å². The van der Waals surface area contributed by atoms with Gasteiger partial charge in [0.15, 0.2) is 0 Å². The zero-order chi connectivity index (χ0) is 20.2. The molecule has 0 aromatic heterocycles. The molecule has 2 aromatic carbocycles. The standard InChI is InChI=1S/C20H25ClN2O3S/c1-5-19(20(24)22(3)14-16-8-6-15(2)7-9-16)23(27(4,25)26)18-12-10-17(21)11-13-18/h6-13,19H,5,14H2,1-4H3/t19-/m0/s1. The van der Waals surface area contributed by atoms with Gasteiger partial charge in [0.1, 0.15) is 6.04 Å². The molecule has 0 saturated heterocycles. The van der Waals surface area contributed by atoms with Crippen LogP contribution in [0.4, 0.5) is 5.69 Å². The van der Waals surface area contributed by atoms with Gasteiger partial charge in [0.25, 0.3) is 0 Å². The van der Waals surface area contributed by atoms with Crippen LogP contribution in [-0.2, 0) is 21.4 Å². The molecule has 0 aliphatic heterocycles. The number of sulfonamides is 1. The van der Waals surface area contributed by atoms with Crippen LogP contribution in [0.1, 0.15) is 24.5 Å². The largest absolute Gasteiger partial charge is 0.340 e. The van der Waals surface area contributed by atoms with Crippen LogP contribution < -0.4 is 4.31 Å². The number of hydrogen-bond acceptors (Lipinski definition) is 3. The van der Waals surface area contributed by atoms with E-state index in [1.807, 2.05) is 31.2 Å². The second-order valence-corrected chi connectivity index (χ2v) is 8.94. The van der Waals surface area contributed by atoms with Gasteiger partial charge in [-0.25, -0.2) is 8.42 Å². The van der Waals surface area contributed by atoms with Crippen LogP contribution in [0, 0.1) is 6.92 Å². The maximum Gasteiger partial charge on any atom is 0.246 e. The van der Waals surface area contributed by atoms with Crippen LogP contribution in [0.2, 0.25) is 5.02 Å². The first-order valence-corrected chi connectivity index (χ1v) is 10.9. The fourth-order valence-corrected chi connectivity index (χ4v) is 4.26. The lowest BCUT2D eigenvalue weighted by molar-refractivity contribution is -0.131. The molecule has 0 N–H and O–H groups in total. The summed E-state index contributed by atoms with van der Waals surface area (Å²) in [4.78, 5) is 14.6. The normalized spacial score (nSPS) is 12.5. The zero-order valence-corrected chi connectivity index (χ0v) is 17.6. The van der Waals surface area contributed by atoms with E-state index in [-0.39, 0.29) is 5.91 Å². The van der Waals surface area contributed by atoms with Crippen molar-refractivity contribution in [1.82, 2.24) is 4.90 Å². The van der Waals surface area contributed by atoms with Crippen molar-refractivity contribution in [1.29, 1.82) is 0 Å². The Labute approximate surface area is 166 Å². The molecule has 0 bridgehead atoms. The number of anilines is 1. The van der Waals surface area contributed by atoms with E-state index < -0.39 is 16.1 Å². The van der Waals surface area contributed by atoms with E-state index in [1.54, 1.807) is 43.1 Å². The van der Waals surface area contributed by atoms with Gasteiger partial charge in [0, 0.05) is 18.6 Å². The number of halogens is 1. The molecule has 27 heavy (non-hydrogen) atoms. The molecule has 1 amide bonds. The predicted molar refractivity (Wildman–Crippen MR) is 111 cm³/mol. The van der Waals surface area contributed by atoms with Gasteiger partial charge in [-0.1, -0.05) is 48.4 Å². The quantitative estimate of drug-likeness (QED) is 0.699. The van der Waals surface area contributed by atoms with Gasteiger partial charge in [0.2, 0.25) is 15.9 Å². The zero-order valence-electron chi connectivity index (χ0n) is 16.0. The Morgan fingerprint density at radius 3 is 2.11 bits per heavy atom. The predicted octanol–water partition coefficient (Wildman–Crippen LogP) is 3.85. The highest BCUT2D eigenvalue weighted by molar-refractivity contribution is 7.92. The molecule has 0 unspecified atom stereocenters. The number of aryl methyl sites for hydroxylation is 1. The third-order valence-electron chi connectivity index (χ3n) is 4.31. The fraction of sp³-hybridized carbons (Fsp3) is 0.350. The Hall–Kier alpha value is -2.05. The highest BCUT2D eigenvalue weighted by Gasteiger charge is 2.33. The number of carbonyl (C=O) groups excluding carboxylic acids is 1. The van der Waals surface area contributed by atoms with Crippen molar-refractivity contribution in [3.63, 3.8) is 0 Å². The highest BCUT2D eigenvalue weighted by atomic mass is 35.5. The molecule has 7 heteroatoms. The van der Waals surface area contributed by atoms with Crippen molar-refractivity contribution in [2.45, 2.75) is 32.9 Å². The van der Waals surface area contributed by atoms with E-state index in [0.717, 1.165) is 17.4 Å². The van der Waals surface area contributed by atoms with Crippen LogP contribution >= 0.6 is 11.6 Å². The monoisotopic (exact) mass is 408 g/mol. The lowest BCUT2D eigenvalue weighted by atomic mass is 10.1. The Balaban J connectivity index is 2.30. The SMILES string of the molecule is CC[C@@H](C(=O)N(C)Cc1ccc(C)cc1)N(c1ccc(Cl)cc1)S(C)(=O)=O. The minimum Gasteiger partial charge on any atom is -0.340 e. The van der Waals surface area contributed by atoms with Crippen LogP contribution in [0.15, 0.2) is 48.5 Å². The van der Waals surface area contributed by atoms with Gasteiger partial charge < -0.3 is 4.90 Å². The van der Waals surface area contributed by atoms with Gasteiger partial charge in [-0.2, -0.15) is 0 Å². The molecule has 0 spiro atoms. The van der Waals surface area contributed by atoms with Crippen LogP contribution in [-0.4, -0.2) is 38.6 Å². The molecular weight excluding hydrogens is 384 g/mol. The molecule has 146 valence electrons. The van der Waals surface area contributed by atoms with Gasteiger partial charge in [0.05, 0.1) is 11.9 Å². The lowest BCUT2D eigenvalue weighted by Gasteiger charge is -2.33. The average Bonchev–Trinajstić information content (AvgIpc) is 2.61. The first kappa shape index (κ1) is 21.3. The maximum atomic E-state index is 13.1. The minimum absolute atomic E-state index is 0.251. The van der Waals surface area contributed by atoms with Gasteiger partial charge in [-0.3, -0.25) is 9.10 Å². The third kappa shape index (κ3) is 5.47. The van der Waals surface area contributed by atoms with Crippen molar-refractivity contribution in [3.05, 3.63) is 64.7 Å². The minimum atomic E-state index is -3.66. The van der Waals surface area contributed by atoms with E-state index >= 15 is 0 Å². The molecular formula is C20H25ClN2O3S. The molecule has 2 aromatic rings. The Morgan fingerprint density at radius 2 is 1.63 bits per heavy atom. The number of hydrogen-bond donors (Lipinski definition) is 0. The number of rotatable bonds is 7. The first-order chi connectivity index (χ1) is 12.6. The molecule has 1 atom stereocenters. The Bertz CT molecular complexity index is 880. The van der Waals surface area contributed by atoms with E-state index in [2.05, 4.69) is 0 Å². The van der Waals surface area contributed by atoms with Gasteiger partial charge >= 0.3 is 0 Å². The van der Waals surface area contributed by atoms with E-state index in [1.165, 1.54) is 4.31 Å². The Kier molecular flexibility index (Phi) is 6.89. The molecule has 2 rings (SSSR count). The molecule has 0 heterocycles. The summed E-state index contributed by atoms with van der Waals surface area (Å²) in [5.41, 5.74) is 2.56. The Morgan fingerprint density at radius 1 is 1.07 bits per heavy atom. The van der Waals surface area contributed by atoms with E-state index in [9.17, 15) is 13.2 Å². The summed E-state index contributed by atoms with van der Waals surface area (Å²) in [6.45, 7) is 4.21. The topological polar surface area (TPSA) is 57.7 Å². The van der Waals surface area contributed by atoms with Crippen molar-refractivity contribution >= 4 is 33.2 Å². The highest BCUT2D eigenvalue weighted by Crippen LogP contribution is 2.25. The first-order valence-electron chi connectivity index (χ1n) is 8.69. The second kappa shape index (κ2) is 8.76. The number of amides is 1. The molecule has 0 fully saturated rings.